The number of amides is 1. The van der Waals surface area contributed by atoms with Gasteiger partial charge < -0.3 is 14.8 Å². The fourth-order valence-electron chi connectivity index (χ4n) is 3.05. The molecule has 1 aromatic carbocycles. The molecule has 6 nitrogen and oxygen atoms in total. The summed E-state index contributed by atoms with van der Waals surface area (Å²) in [6.07, 6.45) is 3.78. The minimum absolute atomic E-state index is 0.0501. The molecule has 6 heteroatoms. The number of carbonyl (C=O) groups is 1. The van der Waals surface area contributed by atoms with E-state index in [1.807, 2.05) is 43.1 Å². The maximum absolute atomic E-state index is 12.3. The predicted octanol–water partition coefficient (Wildman–Crippen LogP) is 1.80. The van der Waals surface area contributed by atoms with Crippen molar-refractivity contribution in [2.45, 2.75) is 13.8 Å². The fourth-order valence-corrected chi connectivity index (χ4v) is 3.05. The summed E-state index contributed by atoms with van der Waals surface area (Å²) >= 11 is 0. The van der Waals surface area contributed by atoms with Gasteiger partial charge in [0.05, 0.1) is 6.54 Å². The van der Waals surface area contributed by atoms with Gasteiger partial charge in [-0.25, -0.2) is 4.98 Å². The summed E-state index contributed by atoms with van der Waals surface area (Å²) in [4.78, 5) is 21.2. The Morgan fingerprint density at radius 1 is 1.21 bits per heavy atom. The summed E-state index contributed by atoms with van der Waals surface area (Å²) < 4.78 is 2.03. The van der Waals surface area contributed by atoms with Gasteiger partial charge in [-0.3, -0.25) is 9.69 Å². The highest BCUT2D eigenvalue weighted by Crippen LogP contribution is 2.18. The smallest absolute Gasteiger partial charge is 0.238 e. The first-order chi connectivity index (χ1) is 11.5. The summed E-state index contributed by atoms with van der Waals surface area (Å²) in [5, 5.41) is 3.04. The third-order valence-electron chi connectivity index (χ3n) is 4.70. The maximum Gasteiger partial charge on any atom is 0.238 e. The van der Waals surface area contributed by atoms with Crippen molar-refractivity contribution in [2.75, 3.05) is 42.9 Å². The molecule has 0 atom stereocenters. The number of nitrogens with zero attached hydrogens (tertiary/aromatic N) is 4. The van der Waals surface area contributed by atoms with Gasteiger partial charge in [-0.2, -0.15) is 0 Å². The van der Waals surface area contributed by atoms with E-state index < -0.39 is 0 Å². The average molecular weight is 327 g/mol. The van der Waals surface area contributed by atoms with Crippen LogP contribution in [-0.2, 0) is 11.8 Å². The Morgan fingerprint density at radius 2 is 1.96 bits per heavy atom. The Labute approximate surface area is 143 Å². The first-order valence-electron chi connectivity index (χ1n) is 8.35. The Morgan fingerprint density at radius 3 is 2.62 bits per heavy atom. The molecule has 0 radical (unpaired) electrons. The number of aromatic nitrogens is 2. The SMILES string of the molecule is Cc1cccc(NC(=O)CN2CCN(c3nccn3C)CC2)c1C. The van der Waals surface area contributed by atoms with Crippen LogP contribution in [0.5, 0.6) is 0 Å². The van der Waals surface area contributed by atoms with Crippen LogP contribution in [0.25, 0.3) is 0 Å². The summed E-state index contributed by atoms with van der Waals surface area (Å²) in [5.41, 5.74) is 3.23. The highest BCUT2D eigenvalue weighted by Gasteiger charge is 2.21. The van der Waals surface area contributed by atoms with E-state index in [2.05, 4.69) is 33.1 Å². The third-order valence-corrected chi connectivity index (χ3v) is 4.70. The number of aryl methyl sites for hydroxylation is 2. The monoisotopic (exact) mass is 327 g/mol. The molecule has 128 valence electrons. The molecule has 1 saturated heterocycles. The molecule has 1 fully saturated rings. The molecule has 2 aromatic rings. The molecule has 1 aliphatic heterocycles. The first kappa shape index (κ1) is 16.5. The number of hydrogen-bond acceptors (Lipinski definition) is 4. The number of benzene rings is 1. The van der Waals surface area contributed by atoms with E-state index in [1.165, 1.54) is 5.56 Å². The van der Waals surface area contributed by atoms with Gasteiger partial charge in [0.2, 0.25) is 11.9 Å². The van der Waals surface area contributed by atoms with E-state index >= 15 is 0 Å². The lowest BCUT2D eigenvalue weighted by atomic mass is 10.1. The molecule has 0 saturated carbocycles. The Balaban J connectivity index is 1.52. The second kappa shape index (κ2) is 7.05. The molecule has 1 aliphatic rings. The van der Waals surface area contributed by atoms with Crippen LogP contribution in [0.15, 0.2) is 30.6 Å². The number of hydrogen-bond donors (Lipinski definition) is 1. The molecule has 1 amide bonds. The largest absolute Gasteiger partial charge is 0.340 e. The third kappa shape index (κ3) is 3.59. The van der Waals surface area contributed by atoms with E-state index in [9.17, 15) is 4.79 Å². The predicted molar refractivity (Wildman–Crippen MR) is 96.4 cm³/mol. The van der Waals surface area contributed by atoms with Crippen LogP contribution in [0.3, 0.4) is 0 Å². The van der Waals surface area contributed by atoms with Crippen LogP contribution in [-0.4, -0.2) is 53.1 Å². The minimum Gasteiger partial charge on any atom is -0.340 e. The quantitative estimate of drug-likeness (QED) is 0.930. The van der Waals surface area contributed by atoms with E-state index in [0.29, 0.717) is 6.54 Å². The first-order valence-corrected chi connectivity index (χ1v) is 8.35. The lowest BCUT2D eigenvalue weighted by Crippen LogP contribution is -2.49. The molecule has 24 heavy (non-hydrogen) atoms. The van der Waals surface area contributed by atoms with Gasteiger partial charge in [0.1, 0.15) is 0 Å². The maximum atomic E-state index is 12.3. The second-order valence-corrected chi connectivity index (χ2v) is 6.40. The van der Waals surface area contributed by atoms with E-state index in [0.717, 1.165) is 43.4 Å². The highest BCUT2D eigenvalue weighted by molar-refractivity contribution is 5.93. The van der Waals surface area contributed by atoms with Crippen LogP contribution in [0, 0.1) is 13.8 Å². The van der Waals surface area contributed by atoms with Crippen molar-refractivity contribution in [1.82, 2.24) is 14.5 Å². The van der Waals surface area contributed by atoms with Crippen molar-refractivity contribution in [3.63, 3.8) is 0 Å². The van der Waals surface area contributed by atoms with Gasteiger partial charge >= 0.3 is 0 Å². The van der Waals surface area contributed by atoms with Crippen LogP contribution in [0.1, 0.15) is 11.1 Å². The summed E-state index contributed by atoms with van der Waals surface area (Å²) in [5.74, 6) is 1.05. The lowest BCUT2D eigenvalue weighted by molar-refractivity contribution is -0.117. The van der Waals surface area contributed by atoms with E-state index in [4.69, 9.17) is 0 Å². The summed E-state index contributed by atoms with van der Waals surface area (Å²) in [6.45, 7) is 8.05. The minimum atomic E-state index is 0.0501. The van der Waals surface area contributed by atoms with Crippen molar-refractivity contribution in [2.24, 2.45) is 7.05 Å². The van der Waals surface area contributed by atoms with Crippen molar-refractivity contribution in [3.8, 4) is 0 Å². The van der Waals surface area contributed by atoms with Crippen molar-refractivity contribution in [3.05, 3.63) is 41.7 Å². The molecule has 2 heterocycles. The van der Waals surface area contributed by atoms with Crippen LogP contribution in [0.4, 0.5) is 11.6 Å². The number of carbonyl (C=O) groups excluding carboxylic acids is 1. The van der Waals surface area contributed by atoms with E-state index in [1.54, 1.807) is 0 Å². The fraction of sp³-hybridized carbons (Fsp3) is 0.444. The zero-order valence-corrected chi connectivity index (χ0v) is 14.6. The molecule has 1 aromatic heterocycles. The van der Waals surface area contributed by atoms with Gasteiger partial charge in [-0.05, 0) is 31.0 Å². The molecule has 3 rings (SSSR count). The number of rotatable bonds is 4. The van der Waals surface area contributed by atoms with E-state index in [-0.39, 0.29) is 5.91 Å². The average Bonchev–Trinajstić information content (AvgIpc) is 2.99. The second-order valence-electron chi connectivity index (χ2n) is 6.40. The van der Waals surface area contributed by atoms with Crippen molar-refractivity contribution < 1.29 is 4.79 Å². The molecular formula is C18H25N5O. The van der Waals surface area contributed by atoms with Gasteiger partial charge in [0.15, 0.2) is 0 Å². The van der Waals surface area contributed by atoms with Crippen LogP contribution in [0.2, 0.25) is 0 Å². The number of imidazole rings is 1. The molecule has 0 unspecified atom stereocenters. The lowest BCUT2D eigenvalue weighted by Gasteiger charge is -2.34. The molecular weight excluding hydrogens is 302 g/mol. The van der Waals surface area contributed by atoms with Gasteiger partial charge in [-0.1, -0.05) is 12.1 Å². The van der Waals surface area contributed by atoms with Gasteiger partial charge in [-0.15, -0.1) is 0 Å². The molecule has 0 spiro atoms. The van der Waals surface area contributed by atoms with Crippen molar-refractivity contribution in [1.29, 1.82) is 0 Å². The van der Waals surface area contributed by atoms with Crippen LogP contribution >= 0.6 is 0 Å². The number of anilines is 2. The van der Waals surface area contributed by atoms with Crippen LogP contribution < -0.4 is 10.2 Å². The zero-order chi connectivity index (χ0) is 17.1. The number of piperazine rings is 1. The molecule has 1 N–H and O–H groups in total. The molecule has 0 aliphatic carbocycles. The Bertz CT molecular complexity index is 716. The van der Waals surface area contributed by atoms with Gasteiger partial charge in [0.25, 0.3) is 0 Å². The van der Waals surface area contributed by atoms with Gasteiger partial charge in [0, 0.05) is 51.3 Å². The topological polar surface area (TPSA) is 53.4 Å². The highest BCUT2D eigenvalue weighted by atomic mass is 16.2. The standard InChI is InChI=1S/C18H25N5O/c1-14-5-4-6-16(15(14)2)20-17(24)13-22-9-11-23(12-10-22)18-19-7-8-21(18)3/h4-8H,9-13H2,1-3H3,(H,20,24). The van der Waals surface area contributed by atoms with Crippen molar-refractivity contribution >= 4 is 17.5 Å². The zero-order valence-electron chi connectivity index (χ0n) is 14.6. The summed E-state index contributed by atoms with van der Waals surface area (Å²) in [6, 6.07) is 5.99. The Hall–Kier alpha value is -2.34. The molecule has 0 bridgehead atoms. The Kier molecular flexibility index (Phi) is 4.85. The number of nitrogens with one attached hydrogen (secondary N) is 1. The normalized spacial score (nSPS) is 15.5. The summed E-state index contributed by atoms with van der Waals surface area (Å²) in [7, 11) is 2.01.